The first-order valence-electron chi connectivity index (χ1n) is 5.66. The number of hydrogen-bond donors (Lipinski definition) is 1. The van der Waals surface area contributed by atoms with Gasteiger partial charge < -0.3 is 5.73 Å². The molecule has 0 aromatic carbocycles. The molecule has 2 aromatic rings. The van der Waals surface area contributed by atoms with E-state index in [0.717, 1.165) is 28.5 Å². The highest BCUT2D eigenvalue weighted by molar-refractivity contribution is 7.11. The number of rotatable bonds is 3. The van der Waals surface area contributed by atoms with E-state index in [2.05, 4.69) is 17.0 Å². The van der Waals surface area contributed by atoms with Gasteiger partial charge in [0.25, 0.3) is 0 Å². The molecule has 2 rings (SSSR count). The molecule has 0 bridgehead atoms. The highest BCUT2D eigenvalue weighted by Crippen LogP contribution is 2.22. The molecular formula is C12H18N4S. The Kier molecular flexibility index (Phi) is 3.31. The molecule has 0 aliphatic rings. The second-order valence-corrected chi connectivity index (χ2v) is 5.68. The Bertz CT molecular complexity index is 507. The Hall–Kier alpha value is -1.20. The quantitative estimate of drug-likeness (QED) is 0.907. The first-order valence-corrected chi connectivity index (χ1v) is 6.48. The molecule has 0 spiro atoms. The van der Waals surface area contributed by atoms with Gasteiger partial charge in [-0.1, -0.05) is 0 Å². The van der Waals surface area contributed by atoms with Crippen LogP contribution in [0.15, 0.2) is 6.07 Å². The molecule has 17 heavy (non-hydrogen) atoms. The smallest absolute Gasteiger partial charge is 0.0950 e. The lowest BCUT2D eigenvalue weighted by molar-refractivity contribution is 0.614. The molecule has 1 unspecified atom stereocenters. The number of aromatic nitrogens is 3. The van der Waals surface area contributed by atoms with E-state index in [1.54, 1.807) is 11.3 Å². The summed E-state index contributed by atoms with van der Waals surface area (Å²) in [5.74, 6) is 0. The van der Waals surface area contributed by atoms with Gasteiger partial charge in [0.05, 0.1) is 28.1 Å². The van der Waals surface area contributed by atoms with Crippen molar-refractivity contribution in [2.24, 2.45) is 12.8 Å². The summed E-state index contributed by atoms with van der Waals surface area (Å²) in [5, 5.41) is 5.42. The molecule has 5 heteroatoms. The van der Waals surface area contributed by atoms with E-state index in [1.807, 2.05) is 31.6 Å². The number of nitrogens with two attached hydrogens (primary N) is 1. The average Bonchev–Trinajstić information content (AvgIpc) is 2.71. The number of aryl methyl sites for hydroxylation is 4. The minimum atomic E-state index is -0.0360. The lowest BCUT2D eigenvalue weighted by atomic mass is 10.1. The number of hydrogen-bond acceptors (Lipinski definition) is 4. The number of thiazole rings is 1. The predicted octanol–water partition coefficient (Wildman–Crippen LogP) is 2.04. The van der Waals surface area contributed by atoms with Gasteiger partial charge in [-0.2, -0.15) is 5.10 Å². The van der Waals surface area contributed by atoms with E-state index in [-0.39, 0.29) is 6.04 Å². The van der Waals surface area contributed by atoms with Crippen molar-refractivity contribution in [3.05, 3.63) is 33.0 Å². The van der Waals surface area contributed by atoms with E-state index >= 15 is 0 Å². The van der Waals surface area contributed by atoms with Crippen molar-refractivity contribution in [1.82, 2.24) is 14.8 Å². The van der Waals surface area contributed by atoms with Crippen LogP contribution in [-0.4, -0.2) is 14.8 Å². The molecule has 0 fully saturated rings. The summed E-state index contributed by atoms with van der Waals surface area (Å²) in [6.45, 7) is 6.11. The van der Waals surface area contributed by atoms with Crippen LogP contribution in [0.25, 0.3) is 0 Å². The van der Waals surface area contributed by atoms with Crippen molar-refractivity contribution in [2.45, 2.75) is 33.2 Å². The van der Waals surface area contributed by atoms with Crippen LogP contribution in [-0.2, 0) is 13.5 Å². The summed E-state index contributed by atoms with van der Waals surface area (Å²) >= 11 is 1.73. The molecular weight excluding hydrogens is 232 g/mol. The third-order valence-electron chi connectivity index (χ3n) is 2.89. The van der Waals surface area contributed by atoms with Gasteiger partial charge in [-0.15, -0.1) is 11.3 Å². The summed E-state index contributed by atoms with van der Waals surface area (Å²) in [6.07, 6.45) is 0.776. The predicted molar refractivity (Wildman–Crippen MR) is 70.2 cm³/mol. The van der Waals surface area contributed by atoms with Crippen LogP contribution in [0.5, 0.6) is 0 Å². The monoisotopic (exact) mass is 250 g/mol. The second kappa shape index (κ2) is 4.58. The fraction of sp³-hybridized carbons (Fsp3) is 0.500. The minimum absolute atomic E-state index is 0.0360. The maximum Gasteiger partial charge on any atom is 0.0950 e. The van der Waals surface area contributed by atoms with Gasteiger partial charge >= 0.3 is 0 Å². The van der Waals surface area contributed by atoms with E-state index in [9.17, 15) is 0 Å². The van der Waals surface area contributed by atoms with Crippen LogP contribution in [0.1, 0.15) is 33.0 Å². The largest absolute Gasteiger partial charge is 0.322 e. The van der Waals surface area contributed by atoms with Gasteiger partial charge in [0, 0.05) is 18.3 Å². The molecule has 0 saturated heterocycles. The Balaban J connectivity index is 2.16. The number of nitrogens with zero attached hydrogens (tertiary/aromatic N) is 3. The third-order valence-corrected chi connectivity index (χ3v) is 3.98. The molecule has 0 aliphatic carbocycles. The first kappa shape index (κ1) is 12.3. The molecule has 4 nitrogen and oxygen atoms in total. The van der Waals surface area contributed by atoms with Crippen molar-refractivity contribution < 1.29 is 0 Å². The van der Waals surface area contributed by atoms with Crippen LogP contribution < -0.4 is 5.73 Å². The van der Waals surface area contributed by atoms with Gasteiger partial charge in [0.2, 0.25) is 0 Å². The molecule has 0 amide bonds. The summed E-state index contributed by atoms with van der Waals surface area (Å²) in [7, 11) is 1.93. The van der Waals surface area contributed by atoms with Gasteiger partial charge in [-0.25, -0.2) is 4.98 Å². The molecule has 92 valence electrons. The third kappa shape index (κ3) is 2.56. The van der Waals surface area contributed by atoms with Gasteiger partial charge in [-0.3, -0.25) is 4.68 Å². The topological polar surface area (TPSA) is 56.7 Å². The van der Waals surface area contributed by atoms with Crippen LogP contribution in [0, 0.1) is 20.8 Å². The van der Waals surface area contributed by atoms with E-state index in [1.165, 1.54) is 4.88 Å². The first-order chi connectivity index (χ1) is 7.97. The van der Waals surface area contributed by atoms with Crippen LogP contribution in [0.2, 0.25) is 0 Å². The zero-order valence-electron chi connectivity index (χ0n) is 10.7. The van der Waals surface area contributed by atoms with E-state index < -0.39 is 0 Å². The summed E-state index contributed by atoms with van der Waals surface area (Å²) in [5.41, 5.74) is 9.38. The van der Waals surface area contributed by atoms with Crippen molar-refractivity contribution in [3.63, 3.8) is 0 Å². The standard InChI is InChI=1S/C12H18N4S/c1-7-5-11(16(4)15-7)10(13)6-12-14-8(2)9(3)17-12/h5,10H,6,13H2,1-4H3. The lowest BCUT2D eigenvalue weighted by Gasteiger charge is -2.09. The molecule has 2 N–H and O–H groups in total. The fourth-order valence-electron chi connectivity index (χ4n) is 1.90. The molecule has 2 heterocycles. The molecule has 0 saturated carbocycles. The van der Waals surface area contributed by atoms with Gasteiger partial charge in [0.15, 0.2) is 0 Å². The van der Waals surface area contributed by atoms with E-state index in [0.29, 0.717) is 0 Å². The highest BCUT2D eigenvalue weighted by Gasteiger charge is 2.14. The minimum Gasteiger partial charge on any atom is -0.322 e. The van der Waals surface area contributed by atoms with Crippen LogP contribution in [0.3, 0.4) is 0 Å². The Morgan fingerprint density at radius 2 is 2.12 bits per heavy atom. The fourth-order valence-corrected chi connectivity index (χ4v) is 2.89. The Morgan fingerprint density at radius 1 is 1.41 bits per heavy atom. The average molecular weight is 250 g/mol. The maximum atomic E-state index is 6.21. The van der Waals surface area contributed by atoms with Crippen molar-refractivity contribution in [2.75, 3.05) is 0 Å². The molecule has 0 radical (unpaired) electrons. The Labute approximate surface area is 105 Å². The zero-order valence-corrected chi connectivity index (χ0v) is 11.5. The lowest BCUT2D eigenvalue weighted by Crippen LogP contribution is -2.17. The highest BCUT2D eigenvalue weighted by atomic mass is 32.1. The Morgan fingerprint density at radius 3 is 2.59 bits per heavy atom. The maximum absolute atomic E-state index is 6.21. The van der Waals surface area contributed by atoms with E-state index in [4.69, 9.17) is 5.73 Å². The van der Waals surface area contributed by atoms with Crippen LogP contribution >= 0.6 is 11.3 Å². The summed E-state index contributed by atoms with van der Waals surface area (Å²) < 4.78 is 1.85. The van der Waals surface area contributed by atoms with Gasteiger partial charge in [0.1, 0.15) is 0 Å². The van der Waals surface area contributed by atoms with Crippen molar-refractivity contribution >= 4 is 11.3 Å². The zero-order chi connectivity index (χ0) is 12.6. The second-order valence-electron chi connectivity index (χ2n) is 4.39. The summed E-state index contributed by atoms with van der Waals surface area (Å²) in [4.78, 5) is 5.79. The van der Waals surface area contributed by atoms with Crippen LogP contribution in [0.4, 0.5) is 0 Å². The molecule has 0 aliphatic heterocycles. The van der Waals surface area contributed by atoms with Crippen molar-refractivity contribution in [3.8, 4) is 0 Å². The SMILES string of the molecule is Cc1cc(C(N)Cc2nc(C)c(C)s2)n(C)n1. The summed E-state index contributed by atoms with van der Waals surface area (Å²) in [6, 6.07) is 2.00. The molecule has 2 aromatic heterocycles. The normalized spacial score (nSPS) is 13.0. The van der Waals surface area contributed by atoms with Crippen molar-refractivity contribution in [1.29, 1.82) is 0 Å². The molecule has 1 atom stereocenters. The van der Waals surface area contributed by atoms with Gasteiger partial charge in [-0.05, 0) is 26.8 Å².